The van der Waals surface area contributed by atoms with Crippen LogP contribution in [0, 0.1) is 13.8 Å². The van der Waals surface area contributed by atoms with Crippen LogP contribution in [0.25, 0.3) is 5.13 Å². The zero-order chi connectivity index (χ0) is 24.7. The summed E-state index contributed by atoms with van der Waals surface area (Å²) in [7, 11) is 0. The lowest BCUT2D eigenvalue weighted by Gasteiger charge is -2.14. The van der Waals surface area contributed by atoms with Crippen LogP contribution in [0.15, 0.2) is 66.2 Å². The highest BCUT2D eigenvalue weighted by Crippen LogP contribution is 2.28. The summed E-state index contributed by atoms with van der Waals surface area (Å²) in [6, 6.07) is 14.3. The van der Waals surface area contributed by atoms with E-state index in [1.54, 1.807) is 36.5 Å². The van der Waals surface area contributed by atoms with Crippen molar-refractivity contribution in [2.45, 2.75) is 13.8 Å². The summed E-state index contributed by atoms with van der Waals surface area (Å²) >= 11 is 1.46. The van der Waals surface area contributed by atoms with Gasteiger partial charge in [-0.15, -0.1) is 11.3 Å². The number of nitrogens with zero attached hydrogens (tertiary/aromatic N) is 3. The summed E-state index contributed by atoms with van der Waals surface area (Å²) in [5.74, 6) is -1.83. The van der Waals surface area contributed by atoms with Gasteiger partial charge in [-0.25, -0.2) is 14.7 Å². The first-order valence-electron chi connectivity index (χ1n) is 10.7. The first kappa shape index (κ1) is 22.4. The predicted octanol–water partition coefficient (Wildman–Crippen LogP) is 4.39. The van der Waals surface area contributed by atoms with Crippen molar-refractivity contribution in [2.24, 2.45) is 0 Å². The maximum Gasteiger partial charge on any atom is 0.338 e. The number of hydrogen-bond donors (Lipinski definition) is 0. The Bertz CT molecular complexity index is 1450. The Kier molecular flexibility index (Phi) is 5.62. The Morgan fingerprint density at radius 2 is 1.63 bits per heavy atom. The van der Waals surface area contributed by atoms with Crippen LogP contribution < -0.4 is 4.90 Å². The maximum atomic E-state index is 12.8. The number of aromatic nitrogens is 2. The van der Waals surface area contributed by atoms with Crippen LogP contribution >= 0.6 is 11.3 Å². The molecule has 0 saturated heterocycles. The monoisotopic (exact) mass is 485 g/mol. The van der Waals surface area contributed by atoms with Crippen LogP contribution in [0.4, 0.5) is 5.69 Å². The number of rotatable bonds is 6. The summed E-state index contributed by atoms with van der Waals surface area (Å²) in [5.41, 5.74) is 3.28. The van der Waals surface area contributed by atoms with Crippen molar-refractivity contribution < 1.29 is 23.9 Å². The van der Waals surface area contributed by atoms with Crippen molar-refractivity contribution in [2.75, 3.05) is 11.5 Å². The van der Waals surface area contributed by atoms with Gasteiger partial charge in [0.1, 0.15) is 0 Å². The Morgan fingerprint density at radius 3 is 2.23 bits per heavy atom. The number of esters is 1. The first-order valence-corrected chi connectivity index (χ1v) is 11.6. The summed E-state index contributed by atoms with van der Waals surface area (Å²) in [6.07, 6.45) is 1.70. The number of imide groups is 1. The first-order chi connectivity index (χ1) is 16.9. The number of aryl methyl sites for hydroxylation is 1. The molecule has 0 saturated carbocycles. The molecule has 2 aromatic carbocycles. The lowest BCUT2D eigenvalue weighted by Crippen LogP contribution is -2.29. The number of carbonyl (C=O) groups excluding carboxylic acids is 4. The van der Waals surface area contributed by atoms with Gasteiger partial charge in [-0.05, 0) is 56.3 Å². The van der Waals surface area contributed by atoms with Crippen LogP contribution in [0.2, 0.25) is 0 Å². The molecular formula is C26H19N3O5S. The molecular weight excluding hydrogens is 466 g/mol. The van der Waals surface area contributed by atoms with E-state index in [1.807, 2.05) is 23.8 Å². The Morgan fingerprint density at radius 1 is 0.971 bits per heavy atom. The molecule has 0 atom stereocenters. The molecule has 0 spiro atoms. The van der Waals surface area contributed by atoms with E-state index < -0.39 is 24.4 Å². The number of benzene rings is 2. The molecule has 1 aliphatic heterocycles. The molecule has 0 fully saturated rings. The van der Waals surface area contributed by atoms with Gasteiger partial charge in [0.25, 0.3) is 11.8 Å². The van der Waals surface area contributed by atoms with Crippen LogP contribution in [0.3, 0.4) is 0 Å². The van der Waals surface area contributed by atoms with Crippen molar-refractivity contribution in [1.82, 2.24) is 9.55 Å². The van der Waals surface area contributed by atoms with Crippen molar-refractivity contribution in [3.05, 3.63) is 99.8 Å². The third-order valence-corrected chi connectivity index (χ3v) is 6.59. The fraction of sp³-hybridized carbons (Fsp3) is 0.115. The summed E-state index contributed by atoms with van der Waals surface area (Å²) in [5, 5.41) is 2.62. The number of carbonyl (C=O) groups is 4. The summed E-state index contributed by atoms with van der Waals surface area (Å²) in [4.78, 5) is 55.9. The lowest BCUT2D eigenvalue weighted by molar-refractivity contribution is 0.0474. The Hall–Kier alpha value is -4.37. The molecule has 2 amide bonds. The topological polar surface area (TPSA) is 98.6 Å². The van der Waals surface area contributed by atoms with Gasteiger partial charge in [0.05, 0.1) is 22.4 Å². The fourth-order valence-corrected chi connectivity index (χ4v) is 4.88. The van der Waals surface area contributed by atoms with Crippen molar-refractivity contribution in [3.8, 4) is 5.13 Å². The molecule has 0 radical (unpaired) electrons. The van der Waals surface area contributed by atoms with Gasteiger partial charge >= 0.3 is 5.97 Å². The molecule has 0 N–H and O–H groups in total. The Balaban J connectivity index is 1.26. The van der Waals surface area contributed by atoms with E-state index in [-0.39, 0.29) is 11.3 Å². The van der Waals surface area contributed by atoms with Gasteiger partial charge in [0, 0.05) is 28.5 Å². The molecule has 174 valence electrons. The van der Waals surface area contributed by atoms with Crippen molar-refractivity contribution >= 4 is 40.6 Å². The van der Waals surface area contributed by atoms with Crippen LogP contribution in [-0.2, 0) is 4.74 Å². The minimum Gasteiger partial charge on any atom is -0.454 e. The van der Waals surface area contributed by atoms with Gasteiger partial charge in [-0.1, -0.05) is 12.1 Å². The number of ketones is 1. The highest BCUT2D eigenvalue weighted by atomic mass is 32.1. The molecule has 1 aliphatic rings. The second-order valence-corrected chi connectivity index (χ2v) is 8.85. The molecule has 8 nitrogen and oxygen atoms in total. The third-order valence-electron chi connectivity index (χ3n) is 5.83. The predicted molar refractivity (Wildman–Crippen MR) is 130 cm³/mol. The second-order valence-electron chi connectivity index (χ2n) is 7.97. The van der Waals surface area contributed by atoms with E-state index in [2.05, 4.69) is 4.98 Å². The highest BCUT2D eigenvalue weighted by molar-refractivity contribution is 7.12. The van der Waals surface area contributed by atoms with Gasteiger partial charge in [-0.2, -0.15) is 0 Å². The van der Waals surface area contributed by atoms with Gasteiger partial charge in [0.15, 0.2) is 11.7 Å². The highest BCUT2D eigenvalue weighted by Gasteiger charge is 2.36. The molecule has 0 bridgehead atoms. The zero-order valence-corrected chi connectivity index (χ0v) is 19.7. The van der Waals surface area contributed by atoms with E-state index in [1.165, 1.54) is 35.6 Å². The second kappa shape index (κ2) is 8.77. The molecule has 0 unspecified atom stereocenters. The average molecular weight is 486 g/mol. The average Bonchev–Trinajstić information content (AvgIpc) is 3.55. The maximum absolute atomic E-state index is 12.8. The number of fused-ring (bicyclic) bond motifs is 1. The zero-order valence-electron chi connectivity index (χ0n) is 18.8. The number of thiazole rings is 1. The molecule has 9 heteroatoms. The van der Waals surface area contributed by atoms with Crippen LogP contribution in [-0.4, -0.2) is 39.7 Å². The number of hydrogen-bond acceptors (Lipinski definition) is 7. The molecule has 5 rings (SSSR count). The van der Waals surface area contributed by atoms with Crippen molar-refractivity contribution in [1.29, 1.82) is 0 Å². The van der Waals surface area contributed by atoms with E-state index in [4.69, 9.17) is 4.74 Å². The molecule has 4 aromatic rings. The quantitative estimate of drug-likeness (QED) is 0.228. The number of amides is 2. The van der Waals surface area contributed by atoms with Gasteiger partial charge in [0.2, 0.25) is 5.78 Å². The Labute approximate surface area is 204 Å². The minimum atomic E-state index is -0.680. The fourth-order valence-electron chi connectivity index (χ4n) is 4.13. The van der Waals surface area contributed by atoms with E-state index in [0.717, 1.165) is 21.4 Å². The van der Waals surface area contributed by atoms with Crippen LogP contribution in [0.5, 0.6) is 0 Å². The normalized spacial score (nSPS) is 12.7. The third kappa shape index (κ3) is 3.85. The lowest BCUT2D eigenvalue weighted by atomic mass is 10.1. The number of ether oxygens (including phenoxy) is 1. The number of anilines is 1. The van der Waals surface area contributed by atoms with Crippen molar-refractivity contribution in [3.63, 3.8) is 0 Å². The standard InChI is InChI=1S/C26H19N3O5S/c1-15-13-21(16(2)28(15)26-27-11-12-35-26)22(30)14-34-25(33)17-7-9-18(10-8-17)29-23(31)19-5-3-4-6-20(19)24(29)32/h3-13H,14H2,1-2H3. The number of Topliss-reactive ketones (excluding diaryl/α,β-unsaturated/α-hetero) is 1. The SMILES string of the molecule is Cc1cc(C(=O)COC(=O)c2ccc(N3C(=O)c4ccccc4C3=O)cc2)c(C)n1-c1nccs1. The van der Waals surface area contributed by atoms with E-state index in [0.29, 0.717) is 22.4 Å². The molecule has 3 heterocycles. The molecule has 35 heavy (non-hydrogen) atoms. The largest absolute Gasteiger partial charge is 0.454 e. The summed E-state index contributed by atoms with van der Waals surface area (Å²) < 4.78 is 7.13. The molecule has 0 aliphatic carbocycles. The van der Waals surface area contributed by atoms with Gasteiger partial charge in [-0.3, -0.25) is 19.0 Å². The van der Waals surface area contributed by atoms with Gasteiger partial charge < -0.3 is 4.74 Å². The van der Waals surface area contributed by atoms with Crippen LogP contribution in [0.1, 0.15) is 52.8 Å². The minimum absolute atomic E-state index is 0.200. The smallest absolute Gasteiger partial charge is 0.338 e. The summed E-state index contributed by atoms with van der Waals surface area (Å²) in [6.45, 7) is 3.29. The van der Waals surface area contributed by atoms with E-state index in [9.17, 15) is 19.2 Å². The molecule has 2 aromatic heterocycles. The van der Waals surface area contributed by atoms with E-state index >= 15 is 0 Å².